The normalized spacial score (nSPS) is 14.1. The van der Waals surface area contributed by atoms with Crippen molar-refractivity contribution in [2.45, 2.75) is 0 Å². The molecule has 1 saturated heterocycles. The predicted molar refractivity (Wildman–Crippen MR) is 121 cm³/mol. The number of piperazine rings is 1. The number of carbonyl (C=O) groups is 1. The average molecular weight is 429 g/mol. The van der Waals surface area contributed by atoms with E-state index in [4.69, 9.17) is 0 Å². The Morgan fingerprint density at radius 2 is 1.62 bits per heavy atom. The quantitative estimate of drug-likeness (QED) is 0.496. The minimum absolute atomic E-state index is 0.0422. The molecule has 1 aliphatic heterocycles. The van der Waals surface area contributed by atoms with Crippen molar-refractivity contribution in [3.05, 3.63) is 67.1 Å². The molecule has 0 unspecified atom stereocenters. The number of aryl methyl sites for hydroxylation is 2. The molecule has 4 aromatic rings. The van der Waals surface area contributed by atoms with Crippen LogP contribution < -0.4 is 4.90 Å². The maximum absolute atomic E-state index is 13.2. The van der Waals surface area contributed by atoms with E-state index in [1.165, 1.54) is 0 Å². The minimum Gasteiger partial charge on any atom is -0.368 e. The summed E-state index contributed by atoms with van der Waals surface area (Å²) in [5, 5.41) is 4.16. The Kier molecular flexibility index (Phi) is 5.14. The molecule has 9 nitrogen and oxygen atoms in total. The van der Waals surface area contributed by atoms with Crippen molar-refractivity contribution in [2.24, 2.45) is 14.1 Å². The molecular formula is C23H24N8O. The summed E-state index contributed by atoms with van der Waals surface area (Å²) in [5.74, 6) is 0.661. The molecule has 0 saturated carbocycles. The number of anilines is 1. The van der Waals surface area contributed by atoms with Crippen molar-refractivity contribution in [3.63, 3.8) is 0 Å². The zero-order valence-electron chi connectivity index (χ0n) is 18.1. The maximum Gasteiger partial charge on any atom is 0.270 e. The second-order valence-electron chi connectivity index (χ2n) is 7.84. The number of rotatable bonds is 4. The van der Waals surface area contributed by atoms with Gasteiger partial charge in [0.05, 0.1) is 0 Å². The molecule has 5 heterocycles. The van der Waals surface area contributed by atoms with Crippen LogP contribution in [0.1, 0.15) is 10.5 Å². The molecule has 32 heavy (non-hydrogen) atoms. The lowest BCUT2D eigenvalue weighted by atomic mass is 10.1. The van der Waals surface area contributed by atoms with Crippen LogP contribution in [-0.4, -0.2) is 66.3 Å². The van der Waals surface area contributed by atoms with Gasteiger partial charge in [0, 0.05) is 94.3 Å². The van der Waals surface area contributed by atoms with Crippen molar-refractivity contribution in [1.82, 2.24) is 34.2 Å². The van der Waals surface area contributed by atoms with Gasteiger partial charge >= 0.3 is 0 Å². The monoisotopic (exact) mass is 428 g/mol. The Balaban J connectivity index is 1.29. The second-order valence-corrected chi connectivity index (χ2v) is 7.84. The lowest BCUT2D eigenvalue weighted by molar-refractivity contribution is 0.0737. The summed E-state index contributed by atoms with van der Waals surface area (Å²) in [6.45, 7) is 2.97. The van der Waals surface area contributed by atoms with Crippen LogP contribution in [0.4, 0.5) is 5.69 Å². The number of hydrogen-bond donors (Lipinski definition) is 0. The first-order valence-corrected chi connectivity index (χ1v) is 10.5. The highest BCUT2D eigenvalue weighted by molar-refractivity contribution is 5.94. The summed E-state index contributed by atoms with van der Waals surface area (Å²) in [5.41, 5.74) is 4.44. The molecule has 9 heteroatoms. The van der Waals surface area contributed by atoms with Gasteiger partial charge in [-0.25, -0.2) is 9.97 Å². The highest BCUT2D eigenvalue weighted by Gasteiger charge is 2.24. The maximum atomic E-state index is 13.2. The lowest BCUT2D eigenvalue weighted by Crippen LogP contribution is -2.49. The van der Waals surface area contributed by atoms with Crippen LogP contribution >= 0.6 is 0 Å². The van der Waals surface area contributed by atoms with E-state index in [9.17, 15) is 4.79 Å². The average Bonchev–Trinajstić information content (AvgIpc) is 3.45. The molecule has 0 N–H and O–H groups in total. The molecule has 0 aliphatic carbocycles. The molecule has 1 aliphatic rings. The first-order valence-electron chi connectivity index (χ1n) is 10.5. The highest BCUT2D eigenvalue weighted by atomic mass is 16.2. The number of hydrogen-bond acceptors (Lipinski definition) is 6. The van der Waals surface area contributed by atoms with E-state index >= 15 is 0 Å². The Morgan fingerprint density at radius 3 is 2.28 bits per heavy atom. The van der Waals surface area contributed by atoms with Gasteiger partial charge in [0.1, 0.15) is 11.4 Å². The van der Waals surface area contributed by atoms with E-state index in [1.807, 2.05) is 54.0 Å². The van der Waals surface area contributed by atoms with Gasteiger partial charge in [0.15, 0.2) is 5.82 Å². The first-order chi connectivity index (χ1) is 15.6. The number of pyridine rings is 1. The van der Waals surface area contributed by atoms with Crippen molar-refractivity contribution in [2.75, 3.05) is 31.1 Å². The molecule has 162 valence electrons. The zero-order valence-corrected chi connectivity index (χ0v) is 18.1. The molecule has 0 atom stereocenters. The van der Waals surface area contributed by atoms with Gasteiger partial charge in [-0.2, -0.15) is 5.10 Å². The largest absolute Gasteiger partial charge is 0.368 e. The number of nitrogens with zero attached hydrogens (tertiary/aromatic N) is 8. The van der Waals surface area contributed by atoms with Gasteiger partial charge in [0.2, 0.25) is 0 Å². The van der Waals surface area contributed by atoms with E-state index in [0.29, 0.717) is 24.6 Å². The van der Waals surface area contributed by atoms with Gasteiger partial charge in [-0.15, -0.1) is 0 Å². The first kappa shape index (κ1) is 19.9. The van der Waals surface area contributed by atoms with Gasteiger partial charge in [-0.1, -0.05) is 0 Å². The molecule has 5 rings (SSSR count). The minimum atomic E-state index is 0.0422. The highest BCUT2D eigenvalue weighted by Crippen LogP contribution is 2.24. The summed E-state index contributed by atoms with van der Waals surface area (Å²) >= 11 is 0. The van der Waals surface area contributed by atoms with E-state index in [2.05, 4.69) is 25.0 Å². The molecule has 0 bridgehead atoms. The molecular weight excluding hydrogens is 404 g/mol. The fraction of sp³-hybridized carbons (Fsp3) is 0.261. The van der Waals surface area contributed by atoms with E-state index in [-0.39, 0.29) is 5.91 Å². The van der Waals surface area contributed by atoms with Crippen molar-refractivity contribution >= 4 is 11.6 Å². The summed E-state index contributed by atoms with van der Waals surface area (Å²) in [6.07, 6.45) is 10.8. The van der Waals surface area contributed by atoms with E-state index < -0.39 is 0 Å². The van der Waals surface area contributed by atoms with Gasteiger partial charge in [0.25, 0.3) is 5.91 Å². The summed E-state index contributed by atoms with van der Waals surface area (Å²) in [4.78, 5) is 30.4. The summed E-state index contributed by atoms with van der Waals surface area (Å²) in [6, 6.07) is 7.80. The zero-order chi connectivity index (χ0) is 22.1. The third-order valence-corrected chi connectivity index (χ3v) is 5.85. The van der Waals surface area contributed by atoms with Crippen LogP contribution in [0.2, 0.25) is 0 Å². The molecule has 0 aromatic carbocycles. The van der Waals surface area contributed by atoms with E-state index in [1.54, 1.807) is 35.7 Å². The molecule has 1 amide bonds. The fourth-order valence-corrected chi connectivity index (χ4v) is 4.02. The summed E-state index contributed by atoms with van der Waals surface area (Å²) in [7, 11) is 3.76. The SMILES string of the molecule is Cn1cc(-c2cnc(-c3ccnn3C)nc2)cc1C(=O)N1CCN(c2ccncc2)CC1. The Morgan fingerprint density at radius 1 is 0.906 bits per heavy atom. The van der Waals surface area contributed by atoms with Crippen molar-refractivity contribution < 1.29 is 4.79 Å². The van der Waals surface area contributed by atoms with Gasteiger partial charge in [-0.05, 0) is 24.3 Å². The van der Waals surface area contributed by atoms with Crippen LogP contribution in [0, 0.1) is 0 Å². The Hall–Kier alpha value is -4.01. The number of carbonyl (C=O) groups excluding carboxylic acids is 1. The Bertz CT molecular complexity index is 1220. The topological polar surface area (TPSA) is 85.0 Å². The molecule has 4 aromatic heterocycles. The summed E-state index contributed by atoms with van der Waals surface area (Å²) < 4.78 is 3.62. The van der Waals surface area contributed by atoms with Crippen LogP contribution in [0.15, 0.2) is 61.4 Å². The van der Waals surface area contributed by atoms with Crippen LogP contribution in [0.5, 0.6) is 0 Å². The second kappa shape index (κ2) is 8.26. The molecule has 0 spiro atoms. The smallest absolute Gasteiger partial charge is 0.270 e. The molecule has 0 radical (unpaired) electrons. The lowest BCUT2D eigenvalue weighted by Gasteiger charge is -2.36. The fourth-order valence-electron chi connectivity index (χ4n) is 4.02. The van der Waals surface area contributed by atoms with Crippen molar-refractivity contribution in [1.29, 1.82) is 0 Å². The van der Waals surface area contributed by atoms with Gasteiger partial charge < -0.3 is 14.4 Å². The standard InChI is InChI=1S/C23H24N8O/c1-28-16-17(18-14-25-22(26-15-18)20-5-8-27-29(20)2)13-21(28)23(32)31-11-9-30(10-12-31)19-3-6-24-7-4-19/h3-8,13-16H,9-12H2,1-2H3. The third-order valence-electron chi connectivity index (χ3n) is 5.85. The number of amides is 1. The predicted octanol–water partition coefficient (Wildman–Crippen LogP) is 2.24. The van der Waals surface area contributed by atoms with Crippen LogP contribution in [-0.2, 0) is 14.1 Å². The van der Waals surface area contributed by atoms with Crippen LogP contribution in [0.3, 0.4) is 0 Å². The van der Waals surface area contributed by atoms with Crippen LogP contribution in [0.25, 0.3) is 22.6 Å². The number of aromatic nitrogens is 6. The molecule has 1 fully saturated rings. The Labute approximate surface area is 186 Å². The van der Waals surface area contributed by atoms with E-state index in [0.717, 1.165) is 35.6 Å². The third kappa shape index (κ3) is 3.73. The van der Waals surface area contributed by atoms with Gasteiger partial charge in [-0.3, -0.25) is 14.5 Å². The van der Waals surface area contributed by atoms with Crippen molar-refractivity contribution in [3.8, 4) is 22.6 Å².